The van der Waals surface area contributed by atoms with E-state index in [0.29, 0.717) is 41.5 Å². The molecule has 0 N–H and O–H groups in total. The van der Waals surface area contributed by atoms with E-state index in [1.165, 1.54) is 4.31 Å². The minimum atomic E-state index is -3.53. The van der Waals surface area contributed by atoms with Gasteiger partial charge in [-0.3, -0.25) is 4.79 Å². The van der Waals surface area contributed by atoms with Crippen LogP contribution in [-0.4, -0.2) is 49.7 Å². The normalized spacial score (nSPS) is 15.8. The summed E-state index contributed by atoms with van der Waals surface area (Å²) < 4.78 is 27.0. The van der Waals surface area contributed by atoms with Crippen molar-refractivity contribution in [3.8, 4) is 0 Å². The molecular formula is C19H22N2O3S2. The van der Waals surface area contributed by atoms with E-state index < -0.39 is 10.0 Å². The van der Waals surface area contributed by atoms with Crippen LogP contribution in [0.1, 0.15) is 22.8 Å². The number of rotatable bonds is 4. The molecule has 2 aromatic rings. The van der Waals surface area contributed by atoms with Gasteiger partial charge in [0.1, 0.15) is 0 Å². The molecule has 0 atom stereocenters. The Bertz CT molecular complexity index is 887. The zero-order chi connectivity index (χ0) is 18.7. The Morgan fingerprint density at radius 1 is 1.00 bits per heavy atom. The van der Waals surface area contributed by atoms with E-state index in [-0.39, 0.29) is 5.91 Å². The molecule has 26 heavy (non-hydrogen) atoms. The summed E-state index contributed by atoms with van der Waals surface area (Å²) in [7, 11) is -3.53. The molecule has 1 amide bonds. The lowest BCUT2D eigenvalue weighted by Crippen LogP contribution is -2.50. The summed E-state index contributed by atoms with van der Waals surface area (Å²) >= 11 is 4.33. The van der Waals surface area contributed by atoms with Crippen LogP contribution in [0.15, 0.2) is 58.3 Å². The van der Waals surface area contributed by atoms with Gasteiger partial charge in [-0.05, 0) is 36.2 Å². The first-order chi connectivity index (χ1) is 12.4. The van der Waals surface area contributed by atoms with Gasteiger partial charge in [0.25, 0.3) is 5.91 Å². The fourth-order valence-electron chi connectivity index (χ4n) is 3.00. The lowest BCUT2D eigenvalue weighted by Gasteiger charge is -2.34. The van der Waals surface area contributed by atoms with Crippen molar-refractivity contribution in [1.29, 1.82) is 0 Å². The minimum absolute atomic E-state index is 0.111. The summed E-state index contributed by atoms with van der Waals surface area (Å²) in [6.07, 6.45) is 0.869. The van der Waals surface area contributed by atoms with Gasteiger partial charge in [-0.2, -0.15) is 4.31 Å². The topological polar surface area (TPSA) is 57.7 Å². The van der Waals surface area contributed by atoms with E-state index in [4.69, 9.17) is 0 Å². The lowest BCUT2D eigenvalue weighted by atomic mass is 10.2. The van der Waals surface area contributed by atoms with E-state index in [9.17, 15) is 13.2 Å². The number of sulfonamides is 1. The number of carbonyl (C=O) groups is 1. The number of hydrogen-bond donors (Lipinski definition) is 1. The van der Waals surface area contributed by atoms with Crippen molar-refractivity contribution in [2.24, 2.45) is 0 Å². The summed E-state index contributed by atoms with van der Waals surface area (Å²) in [5.74, 6) is -0.111. The standard InChI is InChI=1S/C19H22N2O3S2/c1-2-15-7-9-16(10-8-15)26(23,24)21-13-11-20(12-14-21)19(22)17-5-3-4-6-18(17)25/h3-10,25H,2,11-14H2,1H3. The highest BCUT2D eigenvalue weighted by atomic mass is 32.2. The number of amides is 1. The second-order valence-corrected chi connectivity index (χ2v) is 8.63. The van der Waals surface area contributed by atoms with Crippen LogP contribution in [0.25, 0.3) is 0 Å². The third kappa shape index (κ3) is 3.79. The van der Waals surface area contributed by atoms with E-state index in [1.807, 2.05) is 25.1 Å². The first-order valence-corrected chi connectivity index (χ1v) is 10.5. The molecule has 1 saturated heterocycles. The summed E-state index contributed by atoms with van der Waals surface area (Å²) in [6, 6.07) is 14.1. The van der Waals surface area contributed by atoms with Crippen LogP contribution in [0, 0.1) is 0 Å². The Kier molecular flexibility index (Phi) is 5.70. The molecule has 0 radical (unpaired) electrons. The highest BCUT2D eigenvalue weighted by Crippen LogP contribution is 2.21. The largest absolute Gasteiger partial charge is 0.336 e. The van der Waals surface area contributed by atoms with Crippen molar-refractivity contribution in [1.82, 2.24) is 9.21 Å². The van der Waals surface area contributed by atoms with Gasteiger partial charge in [-0.15, -0.1) is 12.6 Å². The number of piperazine rings is 1. The molecule has 0 unspecified atom stereocenters. The van der Waals surface area contributed by atoms with Crippen LogP contribution in [0.5, 0.6) is 0 Å². The average molecular weight is 391 g/mol. The molecule has 1 aliphatic heterocycles. The minimum Gasteiger partial charge on any atom is -0.336 e. The molecule has 7 heteroatoms. The van der Waals surface area contributed by atoms with Gasteiger partial charge >= 0.3 is 0 Å². The first-order valence-electron chi connectivity index (χ1n) is 8.60. The van der Waals surface area contributed by atoms with E-state index >= 15 is 0 Å². The Morgan fingerprint density at radius 2 is 1.62 bits per heavy atom. The van der Waals surface area contributed by atoms with Gasteiger partial charge < -0.3 is 4.90 Å². The molecular weight excluding hydrogens is 368 g/mol. The predicted molar refractivity (Wildman–Crippen MR) is 104 cm³/mol. The molecule has 138 valence electrons. The zero-order valence-electron chi connectivity index (χ0n) is 14.6. The second-order valence-electron chi connectivity index (χ2n) is 6.21. The van der Waals surface area contributed by atoms with Gasteiger partial charge in [-0.1, -0.05) is 31.2 Å². The molecule has 1 fully saturated rings. The molecule has 1 heterocycles. The molecule has 0 bridgehead atoms. The summed E-state index contributed by atoms with van der Waals surface area (Å²) in [5, 5.41) is 0. The maximum absolute atomic E-state index is 12.8. The van der Waals surface area contributed by atoms with Crippen molar-refractivity contribution in [2.75, 3.05) is 26.2 Å². The van der Waals surface area contributed by atoms with Crippen molar-refractivity contribution in [2.45, 2.75) is 23.1 Å². The van der Waals surface area contributed by atoms with Crippen molar-refractivity contribution < 1.29 is 13.2 Å². The number of benzene rings is 2. The first kappa shape index (κ1) is 18.9. The Morgan fingerprint density at radius 3 is 2.19 bits per heavy atom. The molecule has 0 saturated carbocycles. The lowest BCUT2D eigenvalue weighted by molar-refractivity contribution is 0.0694. The number of hydrogen-bond acceptors (Lipinski definition) is 4. The van der Waals surface area contributed by atoms with Crippen LogP contribution < -0.4 is 0 Å². The van der Waals surface area contributed by atoms with Crippen LogP contribution in [0.4, 0.5) is 0 Å². The summed E-state index contributed by atoms with van der Waals surface area (Å²) in [4.78, 5) is 15.2. The number of thiol groups is 1. The third-order valence-corrected chi connectivity index (χ3v) is 6.93. The molecule has 0 spiro atoms. The smallest absolute Gasteiger partial charge is 0.255 e. The summed E-state index contributed by atoms with van der Waals surface area (Å²) in [6.45, 7) is 3.35. The summed E-state index contributed by atoms with van der Waals surface area (Å²) in [5.41, 5.74) is 1.65. The van der Waals surface area contributed by atoms with Crippen LogP contribution in [-0.2, 0) is 16.4 Å². The highest BCUT2D eigenvalue weighted by Gasteiger charge is 2.30. The number of nitrogens with zero attached hydrogens (tertiary/aromatic N) is 2. The fraction of sp³-hybridized carbons (Fsp3) is 0.316. The fourth-order valence-corrected chi connectivity index (χ4v) is 4.68. The van der Waals surface area contributed by atoms with Gasteiger partial charge in [0.2, 0.25) is 10.0 Å². The quantitative estimate of drug-likeness (QED) is 0.817. The molecule has 0 aromatic heterocycles. The Labute approximate surface area is 160 Å². The monoisotopic (exact) mass is 390 g/mol. The number of aryl methyl sites for hydroxylation is 1. The Hall–Kier alpha value is -1.83. The van der Waals surface area contributed by atoms with Crippen molar-refractivity contribution in [3.63, 3.8) is 0 Å². The SMILES string of the molecule is CCc1ccc(S(=O)(=O)N2CCN(C(=O)c3ccccc3S)CC2)cc1. The van der Waals surface area contributed by atoms with Gasteiger partial charge in [-0.25, -0.2) is 8.42 Å². The zero-order valence-corrected chi connectivity index (χ0v) is 16.3. The molecule has 5 nitrogen and oxygen atoms in total. The molecule has 2 aromatic carbocycles. The number of carbonyl (C=O) groups excluding carboxylic acids is 1. The maximum atomic E-state index is 12.8. The van der Waals surface area contributed by atoms with Crippen LogP contribution >= 0.6 is 12.6 Å². The molecule has 0 aliphatic carbocycles. The third-order valence-electron chi connectivity index (χ3n) is 4.63. The van der Waals surface area contributed by atoms with E-state index in [0.717, 1.165) is 12.0 Å². The Balaban J connectivity index is 1.69. The van der Waals surface area contributed by atoms with Gasteiger partial charge in [0, 0.05) is 31.1 Å². The van der Waals surface area contributed by atoms with Crippen LogP contribution in [0.2, 0.25) is 0 Å². The van der Waals surface area contributed by atoms with Crippen molar-refractivity contribution in [3.05, 3.63) is 59.7 Å². The van der Waals surface area contributed by atoms with Gasteiger partial charge in [0.05, 0.1) is 10.5 Å². The molecule has 1 aliphatic rings. The predicted octanol–water partition coefficient (Wildman–Crippen LogP) is 2.68. The highest BCUT2D eigenvalue weighted by molar-refractivity contribution is 7.89. The second kappa shape index (κ2) is 7.82. The maximum Gasteiger partial charge on any atom is 0.255 e. The van der Waals surface area contributed by atoms with Crippen LogP contribution in [0.3, 0.4) is 0 Å². The van der Waals surface area contributed by atoms with E-state index in [1.54, 1.807) is 35.2 Å². The van der Waals surface area contributed by atoms with E-state index in [2.05, 4.69) is 12.6 Å². The average Bonchev–Trinajstić information content (AvgIpc) is 2.68. The van der Waals surface area contributed by atoms with Gasteiger partial charge in [0.15, 0.2) is 0 Å². The van der Waals surface area contributed by atoms with Crippen molar-refractivity contribution >= 4 is 28.6 Å². The molecule has 3 rings (SSSR count).